The van der Waals surface area contributed by atoms with Gasteiger partial charge >= 0.3 is 11.9 Å². The molecule has 228 valence electrons. The molecule has 0 aliphatic heterocycles. The topological polar surface area (TPSA) is 154 Å². The van der Waals surface area contributed by atoms with Gasteiger partial charge in [0.25, 0.3) is 0 Å². The fourth-order valence-corrected chi connectivity index (χ4v) is 10.7. The highest BCUT2D eigenvalue weighted by Crippen LogP contribution is 2.78. The van der Waals surface area contributed by atoms with Crippen LogP contribution in [-0.4, -0.2) is 82.2 Å². The van der Waals surface area contributed by atoms with Crippen molar-refractivity contribution in [1.82, 2.24) is 0 Å². The van der Waals surface area contributed by atoms with Crippen LogP contribution in [0, 0.1) is 38.9 Å². The molecule has 9 heteroatoms. The average Bonchev–Trinajstić information content (AvgIpc) is 2.90. The second-order valence-electron chi connectivity index (χ2n) is 14.2. The van der Waals surface area contributed by atoms with Crippen LogP contribution in [0.4, 0.5) is 0 Å². The molecule has 0 heterocycles. The SMILES string of the molecule is COC(=O)CCC1C2(C)CCC3(C(=O)OC)C(C)(CCC4(C)CC=C(C)CC43O)C2C(O)C(O)C1(CO)C(C)O. The molecule has 0 aromatic rings. The lowest BCUT2D eigenvalue weighted by Gasteiger charge is -2.75. The monoisotopic (exact) mass is 566 g/mol. The fraction of sp³-hybridized carbons (Fsp3) is 0.871. The summed E-state index contributed by atoms with van der Waals surface area (Å²) in [6.07, 6.45) is 0.839. The Morgan fingerprint density at radius 1 is 1.07 bits per heavy atom. The Balaban J connectivity index is 1.97. The van der Waals surface area contributed by atoms with Crippen LogP contribution >= 0.6 is 0 Å². The lowest BCUT2D eigenvalue weighted by atomic mass is 9.29. The summed E-state index contributed by atoms with van der Waals surface area (Å²) in [6.45, 7) is 8.82. The lowest BCUT2D eigenvalue weighted by Crippen LogP contribution is -2.80. The van der Waals surface area contributed by atoms with E-state index in [0.29, 0.717) is 32.1 Å². The van der Waals surface area contributed by atoms with Gasteiger partial charge in [-0.2, -0.15) is 0 Å². The van der Waals surface area contributed by atoms with Gasteiger partial charge in [-0.25, -0.2) is 0 Å². The van der Waals surface area contributed by atoms with Gasteiger partial charge in [-0.1, -0.05) is 32.4 Å². The van der Waals surface area contributed by atoms with Gasteiger partial charge in [0, 0.05) is 11.8 Å². The van der Waals surface area contributed by atoms with Crippen molar-refractivity contribution in [3.05, 3.63) is 11.6 Å². The van der Waals surface area contributed by atoms with Crippen LogP contribution < -0.4 is 0 Å². The molecule has 4 rings (SSSR count). The van der Waals surface area contributed by atoms with Crippen LogP contribution in [-0.2, 0) is 19.1 Å². The van der Waals surface area contributed by atoms with Gasteiger partial charge in [0.2, 0.25) is 0 Å². The van der Waals surface area contributed by atoms with Crippen LogP contribution in [0.15, 0.2) is 11.6 Å². The van der Waals surface area contributed by atoms with Gasteiger partial charge < -0.3 is 35.0 Å². The molecular formula is C31H50O9. The van der Waals surface area contributed by atoms with E-state index in [1.165, 1.54) is 21.1 Å². The molecule has 0 amide bonds. The van der Waals surface area contributed by atoms with Crippen molar-refractivity contribution in [3.8, 4) is 0 Å². The van der Waals surface area contributed by atoms with Gasteiger partial charge in [0.05, 0.1) is 50.2 Å². The number of carbonyl (C=O) groups excluding carboxylic acids is 2. The third-order valence-electron chi connectivity index (χ3n) is 12.9. The van der Waals surface area contributed by atoms with Gasteiger partial charge in [0.15, 0.2) is 0 Å². The first kappa shape index (κ1) is 31.4. The number of carbonyl (C=O) groups is 2. The Morgan fingerprint density at radius 2 is 1.73 bits per heavy atom. The molecule has 40 heavy (non-hydrogen) atoms. The van der Waals surface area contributed by atoms with E-state index in [9.17, 15) is 35.1 Å². The number of ether oxygens (including phenoxy) is 2. The largest absolute Gasteiger partial charge is 0.469 e. The number of allylic oxidation sites excluding steroid dienone is 1. The minimum absolute atomic E-state index is 0.00557. The molecule has 0 spiro atoms. The minimum Gasteiger partial charge on any atom is -0.469 e. The second kappa shape index (κ2) is 10.0. The molecular weight excluding hydrogens is 516 g/mol. The molecule has 0 aromatic carbocycles. The lowest BCUT2D eigenvalue weighted by molar-refractivity contribution is -0.340. The zero-order valence-corrected chi connectivity index (χ0v) is 25.2. The minimum atomic E-state index is -1.54. The molecule has 5 N–H and O–H groups in total. The number of methoxy groups -OCH3 is 2. The standard InChI is InChI=1S/C31H50O9/c1-18-10-11-26(3)12-14-28(5)23-22(35)24(36)29(17-32,19(2)33)20(8-9-21(34)39-6)27(23,4)13-15-30(28,25(37)40-7)31(26,38)16-18/h10,19-20,22-24,32-33,35-36,38H,8-9,11-17H2,1-7H3. The van der Waals surface area contributed by atoms with Crippen LogP contribution in [0.5, 0.6) is 0 Å². The van der Waals surface area contributed by atoms with Crippen molar-refractivity contribution in [3.63, 3.8) is 0 Å². The highest BCUT2D eigenvalue weighted by Gasteiger charge is 2.81. The van der Waals surface area contributed by atoms with Crippen LogP contribution in [0.2, 0.25) is 0 Å². The van der Waals surface area contributed by atoms with Crippen molar-refractivity contribution in [2.24, 2.45) is 38.9 Å². The predicted octanol–water partition coefficient (Wildman–Crippen LogP) is 2.50. The Morgan fingerprint density at radius 3 is 2.27 bits per heavy atom. The summed E-state index contributed by atoms with van der Waals surface area (Å²) in [7, 11) is 2.63. The molecule has 0 aromatic heterocycles. The molecule has 11 atom stereocenters. The maximum Gasteiger partial charge on any atom is 0.315 e. The number of aliphatic hydroxyl groups excluding tert-OH is 4. The van der Waals surface area contributed by atoms with Crippen molar-refractivity contribution >= 4 is 11.9 Å². The summed E-state index contributed by atoms with van der Waals surface area (Å²) in [6, 6.07) is 0. The van der Waals surface area contributed by atoms with Crippen molar-refractivity contribution in [2.45, 2.75) is 110 Å². The smallest absolute Gasteiger partial charge is 0.315 e. The van der Waals surface area contributed by atoms with Gasteiger partial charge in [0.1, 0.15) is 5.41 Å². The van der Waals surface area contributed by atoms with Gasteiger partial charge in [-0.3, -0.25) is 9.59 Å². The summed E-state index contributed by atoms with van der Waals surface area (Å²) in [5, 5.41) is 58.5. The number of aliphatic hydroxyl groups is 5. The highest BCUT2D eigenvalue weighted by atomic mass is 16.5. The summed E-state index contributed by atoms with van der Waals surface area (Å²) in [5.74, 6) is -2.27. The molecule has 0 radical (unpaired) electrons. The molecule has 9 nitrogen and oxygen atoms in total. The van der Waals surface area contributed by atoms with E-state index < -0.39 is 81.4 Å². The highest BCUT2D eigenvalue weighted by molar-refractivity contribution is 5.81. The maximum absolute atomic E-state index is 14.1. The van der Waals surface area contributed by atoms with Gasteiger partial charge in [-0.05, 0) is 81.5 Å². The first-order valence-corrected chi connectivity index (χ1v) is 14.7. The Bertz CT molecular complexity index is 1060. The molecule has 3 saturated carbocycles. The molecule has 4 aliphatic carbocycles. The number of rotatable bonds is 6. The van der Waals surface area contributed by atoms with Crippen molar-refractivity contribution < 1.29 is 44.6 Å². The molecule has 11 unspecified atom stereocenters. The maximum atomic E-state index is 14.1. The van der Waals surface area contributed by atoms with E-state index in [1.54, 1.807) is 0 Å². The molecule has 4 aliphatic rings. The number of esters is 2. The van der Waals surface area contributed by atoms with Crippen molar-refractivity contribution in [1.29, 1.82) is 0 Å². The van der Waals surface area contributed by atoms with E-state index in [2.05, 4.69) is 6.08 Å². The molecule has 0 bridgehead atoms. The van der Waals surface area contributed by atoms with E-state index in [1.807, 2.05) is 27.7 Å². The Hall–Kier alpha value is -1.52. The Labute approximate surface area is 237 Å². The van der Waals surface area contributed by atoms with E-state index in [-0.39, 0.29) is 19.3 Å². The molecule has 3 fully saturated rings. The predicted molar refractivity (Wildman–Crippen MR) is 147 cm³/mol. The third-order valence-corrected chi connectivity index (χ3v) is 12.9. The second-order valence-corrected chi connectivity index (χ2v) is 14.2. The summed E-state index contributed by atoms with van der Waals surface area (Å²) >= 11 is 0. The average molecular weight is 567 g/mol. The van der Waals surface area contributed by atoms with Crippen LogP contribution in [0.25, 0.3) is 0 Å². The quantitative estimate of drug-likeness (QED) is 0.241. The normalized spacial score (nSPS) is 49.0. The number of hydrogen-bond acceptors (Lipinski definition) is 9. The van der Waals surface area contributed by atoms with Crippen molar-refractivity contribution in [2.75, 3.05) is 20.8 Å². The summed E-state index contributed by atoms with van der Waals surface area (Å²) in [5.41, 5.74) is -5.77. The first-order chi connectivity index (χ1) is 18.5. The van der Waals surface area contributed by atoms with E-state index >= 15 is 0 Å². The summed E-state index contributed by atoms with van der Waals surface area (Å²) in [4.78, 5) is 26.5. The summed E-state index contributed by atoms with van der Waals surface area (Å²) < 4.78 is 10.4. The van der Waals surface area contributed by atoms with E-state index in [4.69, 9.17) is 9.47 Å². The third kappa shape index (κ3) is 3.63. The zero-order chi connectivity index (χ0) is 30.1. The van der Waals surface area contributed by atoms with Crippen LogP contribution in [0.3, 0.4) is 0 Å². The fourth-order valence-electron chi connectivity index (χ4n) is 10.7. The Kier molecular flexibility index (Phi) is 7.89. The van der Waals surface area contributed by atoms with E-state index in [0.717, 1.165) is 5.57 Å². The number of hydrogen-bond donors (Lipinski definition) is 5. The van der Waals surface area contributed by atoms with Crippen LogP contribution in [0.1, 0.15) is 86.0 Å². The first-order valence-electron chi connectivity index (χ1n) is 14.7. The van der Waals surface area contributed by atoms with Gasteiger partial charge in [-0.15, -0.1) is 0 Å². The zero-order valence-electron chi connectivity index (χ0n) is 25.2. The number of fused-ring (bicyclic) bond motifs is 5. The molecule has 0 saturated heterocycles.